The van der Waals surface area contributed by atoms with Gasteiger partial charge in [0.05, 0.1) is 46.2 Å². The fourth-order valence-corrected chi connectivity index (χ4v) is 20.9. The Hall–Kier alpha value is 0.000649. The summed E-state index contributed by atoms with van der Waals surface area (Å²) in [5, 5.41) is 0. The minimum absolute atomic E-state index is 0.255. The molecular formula is C22H46O12P2Si3. The summed E-state index contributed by atoms with van der Waals surface area (Å²) in [5.41, 5.74) is 0.362. The average molecular weight is 649 g/mol. The van der Waals surface area contributed by atoms with E-state index in [9.17, 15) is 13.9 Å². The summed E-state index contributed by atoms with van der Waals surface area (Å²) in [5.74, 6) is -0.409. The van der Waals surface area contributed by atoms with Crippen molar-refractivity contribution in [1.29, 1.82) is 0 Å². The van der Waals surface area contributed by atoms with Gasteiger partial charge in [0.1, 0.15) is 0 Å². The van der Waals surface area contributed by atoms with Crippen molar-refractivity contribution < 1.29 is 54.0 Å². The molecule has 2 aliphatic rings. The van der Waals surface area contributed by atoms with E-state index in [-0.39, 0.29) is 46.2 Å². The molecule has 0 aromatic rings. The van der Waals surface area contributed by atoms with Crippen LogP contribution < -0.4 is 0 Å². The number of ether oxygens (including phenoxy) is 1. The second kappa shape index (κ2) is 15.5. The Balaban J connectivity index is 1.92. The van der Waals surface area contributed by atoms with Gasteiger partial charge in [0.15, 0.2) is 16.6 Å². The largest absolute Gasteiger partial charge is 0.474 e. The first kappa shape index (κ1) is 35.2. The molecule has 0 saturated carbocycles. The maximum absolute atomic E-state index is 12.2. The molecule has 0 N–H and O–H groups in total. The molecule has 0 aromatic carbocycles. The summed E-state index contributed by atoms with van der Waals surface area (Å²) in [7, 11) is -13.9. The zero-order valence-corrected chi connectivity index (χ0v) is 29.0. The highest BCUT2D eigenvalue weighted by Gasteiger charge is 2.43. The van der Waals surface area contributed by atoms with Crippen LogP contribution in [0.3, 0.4) is 0 Å². The number of carbonyl (C=O) groups excluding carboxylic acids is 1. The molecule has 2 saturated heterocycles. The predicted molar refractivity (Wildman–Crippen MR) is 154 cm³/mol. The molecule has 0 radical (unpaired) electrons. The van der Waals surface area contributed by atoms with Gasteiger partial charge in [-0.3, -0.25) is 27.1 Å². The third kappa shape index (κ3) is 13.7. The van der Waals surface area contributed by atoms with Crippen molar-refractivity contribution in [1.82, 2.24) is 0 Å². The van der Waals surface area contributed by atoms with Gasteiger partial charge in [0, 0.05) is 5.57 Å². The van der Waals surface area contributed by atoms with E-state index in [1.165, 1.54) is 0 Å². The minimum Gasteiger partial charge on any atom is -0.462 e. The molecule has 0 spiro atoms. The molecule has 2 aliphatic heterocycles. The molecular weight excluding hydrogens is 602 g/mol. The highest BCUT2D eigenvalue weighted by Crippen LogP contribution is 2.53. The summed E-state index contributed by atoms with van der Waals surface area (Å²) in [4.78, 5) is 11.8. The predicted octanol–water partition coefficient (Wildman–Crippen LogP) is 6.13. The fraction of sp³-hybridized carbons (Fsp3) is 0.864. The van der Waals surface area contributed by atoms with Crippen LogP contribution in [0.15, 0.2) is 12.2 Å². The molecule has 39 heavy (non-hydrogen) atoms. The number of hydrogen-bond acceptors (Lipinski definition) is 12. The first-order chi connectivity index (χ1) is 18.1. The highest BCUT2D eigenvalue weighted by atomic mass is 31.2. The number of carbonyl (C=O) groups is 1. The van der Waals surface area contributed by atoms with E-state index in [1.54, 1.807) is 6.92 Å². The zero-order chi connectivity index (χ0) is 29.2. The first-order valence-electron chi connectivity index (χ1n) is 13.4. The number of rotatable bonds is 19. The van der Waals surface area contributed by atoms with Gasteiger partial charge >= 0.3 is 30.2 Å². The van der Waals surface area contributed by atoms with Gasteiger partial charge in [-0.25, -0.2) is 13.9 Å². The lowest BCUT2D eigenvalue weighted by Crippen LogP contribution is -2.54. The smallest absolute Gasteiger partial charge is 0.462 e. The van der Waals surface area contributed by atoms with Crippen molar-refractivity contribution >= 4 is 46.8 Å². The van der Waals surface area contributed by atoms with Gasteiger partial charge in [-0.15, -0.1) is 0 Å². The van der Waals surface area contributed by atoms with Crippen LogP contribution in [0.25, 0.3) is 0 Å². The Morgan fingerprint density at radius 2 is 1.10 bits per heavy atom. The maximum Gasteiger partial charge on any atom is 0.474 e. The number of esters is 1. The molecule has 0 aromatic heterocycles. The molecule has 0 aliphatic carbocycles. The third-order valence-corrected chi connectivity index (χ3v) is 21.1. The molecule has 2 fully saturated rings. The maximum atomic E-state index is 12.2. The Morgan fingerprint density at radius 1 is 0.718 bits per heavy atom. The van der Waals surface area contributed by atoms with Crippen molar-refractivity contribution in [2.75, 3.05) is 46.2 Å². The van der Waals surface area contributed by atoms with Crippen LogP contribution in [0.1, 0.15) is 26.2 Å². The average Bonchev–Trinajstić information content (AvgIpc) is 3.45. The van der Waals surface area contributed by atoms with E-state index in [2.05, 4.69) is 39.3 Å². The van der Waals surface area contributed by atoms with Crippen molar-refractivity contribution in [3.05, 3.63) is 12.2 Å². The standard InChI is InChI=1S/C22H46O12P2Si3/c1-21(2)22(23)26-11-8-20-39(7,33-37(3,4)18-9-12-27-35(24)29-14-15-30-35)34-38(5,6)19-10-13-28-36(25)31-16-17-32-36/h1,8-20H2,2-7H3. The Kier molecular flexibility index (Phi) is 14.0. The van der Waals surface area contributed by atoms with Crippen LogP contribution in [-0.4, -0.2) is 77.4 Å². The number of phosphoric acid groups is 2. The van der Waals surface area contributed by atoms with Crippen LogP contribution in [0.5, 0.6) is 0 Å². The van der Waals surface area contributed by atoms with Crippen molar-refractivity contribution in [3.63, 3.8) is 0 Å². The van der Waals surface area contributed by atoms with Crippen LogP contribution in [-0.2, 0) is 54.0 Å². The molecule has 228 valence electrons. The van der Waals surface area contributed by atoms with Gasteiger partial charge in [-0.05, 0) is 77.1 Å². The lowest BCUT2D eigenvalue weighted by molar-refractivity contribution is -0.138. The topological polar surface area (TPSA) is 134 Å². The second-order valence-corrected chi connectivity index (χ2v) is 26.8. The second-order valence-electron chi connectivity index (χ2n) is 11.0. The normalized spacial score (nSPS) is 19.3. The van der Waals surface area contributed by atoms with Crippen LogP contribution >= 0.6 is 15.6 Å². The highest BCUT2D eigenvalue weighted by molar-refractivity contribution is 7.49. The van der Waals surface area contributed by atoms with E-state index in [0.29, 0.717) is 30.9 Å². The fourth-order valence-electron chi connectivity index (χ4n) is 4.24. The van der Waals surface area contributed by atoms with Crippen LogP contribution in [0.4, 0.5) is 0 Å². The van der Waals surface area contributed by atoms with E-state index in [4.69, 9.17) is 40.1 Å². The third-order valence-electron chi connectivity index (χ3n) is 5.85. The van der Waals surface area contributed by atoms with E-state index < -0.39 is 46.8 Å². The van der Waals surface area contributed by atoms with Crippen molar-refractivity contribution in [2.45, 2.75) is 77.1 Å². The van der Waals surface area contributed by atoms with Crippen molar-refractivity contribution in [2.24, 2.45) is 0 Å². The molecule has 2 heterocycles. The Bertz CT molecular complexity index is 845. The molecule has 0 amide bonds. The van der Waals surface area contributed by atoms with Gasteiger partial charge < -0.3 is 13.0 Å². The monoisotopic (exact) mass is 648 g/mol. The summed E-state index contributed by atoms with van der Waals surface area (Å²) < 4.78 is 74.4. The molecule has 12 nitrogen and oxygen atoms in total. The van der Waals surface area contributed by atoms with Gasteiger partial charge in [0.2, 0.25) is 0 Å². The molecule has 2 rings (SSSR count). The summed E-state index contributed by atoms with van der Waals surface area (Å²) in [6.07, 6.45) is 1.91. The van der Waals surface area contributed by atoms with Crippen molar-refractivity contribution in [3.8, 4) is 0 Å². The summed E-state index contributed by atoms with van der Waals surface area (Å²) in [6, 6.07) is 2.20. The Labute approximate surface area is 236 Å². The lowest BCUT2D eigenvalue weighted by atomic mass is 10.4. The van der Waals surface area contributed by atoms with E-state index in [0.717, 1.165) is 12.1 Å². The summed E-state index contributed by atoms with van der Waals surface area (Å²) >= 11 is 0. The van der Waals surface area contributed by atoms with Crippen LogP contribution in [0.2, 0.25) is 50.9 Å². The van der Waals surface area contributed by atoms with Crippen LogP contribution in [0, 0.1) is 0 Å². The number of hydrogen-bond donors (Lipinski definition) is 0. The van der Waals surface area contributed by atoms with E-state index in [1.807, 2.05) is 0 Å². The molecule has 0 unspecified atom stereocenters. The SMILES string of the molecule is C=C(C)C(=O)OCCC[Si](C)(O[Si](C)(C)CCCOP1(=O)OCCO1)O[Si](C)(C)CCCOP1(=O)OCCO1. The minimum atomic E-state index is -3.41. The molecule has 17 heteroatoms. The first-order valence-corrected chi connectivity index (χ1v) is 25.0. The molecule has 0 atom stereocenters. The quantitative estimate of drug-likeness (QED) is 0.0524. The van der Waals surface area contributed by atoms with Gasteiger partial charge in [-0.2, -0.15) is 0 Å². The van der Waals surface area contributed by atoms with Gasteiger partial charge in [-0.1, -0.05) is 6.58 Å². The lowest BCUT2D eigenvalue weighted by Gasteiger charge is -2.41. The molecule has 0 bridgehead atoms. The Morgan fingerprint density at radius 3 is 1.49 bits per heavy atom. The van der Waals surface area contributed by atoms with Gasteiger partial charge in [0.25, 0.3) is 0 Å². The summed E-state index contributed by atoms with van der Waals surface area (Å²) in [6.45, 7) is 17.7. The zero-order valence-electron chi connectivity index (χ0n) is 24.2. The van der Waals surface area contributed by atoms with E-state index >= 15 is 0 Å². The number of phosphoric ester groups is 2.